The molecule has 3 aromatic carbocycles. The second kappa shape index (κ2) is 12.2. The Bertz CT molecular complexity index is 1330. The lowest BCUT2D eigenvalue weighted by Crippen LogP contribution is -2.29. The molecular weight excluding hydrogens is 495 g/mol. The summed E-state index contributed by atoms with van der Waals surface area (Å²) in [5.41, 5.74) is 2.83. The highest BCUT2D eigenvalue weighted by atomic mass is 19.1. The Balaban J connectivity index is 1.76. The van der Waals surface area contributed by atoms with Crippen molar-refractivity contribution in [3.8, 4) is 5.75 Å². The number of rotatable bonds is 10. The van der Waals surface area contributed by atoms with E-state index in [1.165, 1.54) is 17.0 Å². The summed E-state index contributed by atoms with van der Waals surface area (Å²) in [6.45, 7) is 10.6. The number of likely N-dealkylation sites (tertiary alicyclic amines) is 1. The van der Waals surface area contributed by atoms with Gasteiger partial charge in [0.1, 0.15) is 17.3 Å². The lowest BCUT2D eigenvalue weighted by molar-refractivity contribution is -0.140. The first kappa shape index (κ1) is 27.9. The maximum Gasteiger partial charge on any atom is 0.295 e. The molecule has 0 radical (unpaired) electrons. The summed E-state index contributed by atoms with van der Waals surface area (Å²) in [4.78, 5) is 30.3. The number of carbonyl (C=O) groups is 2. The van der Waals surface area contributed by atoms with Crippen molar-refractivity contribution >= 4 is 23.1 Å². The van der Waals surface area contributed by atoms with Crippen LogP contribution in [0.3, 0.4) is 0 Å². The highest BCUT2D eigenvalue weighted by molar-refractivity contribution is 6.46. The summed E-state index contributed by atoms with van der Waals surface area (Å²) in [7, 11) is 0. The minimum Gasteiger partial charge on any atom is -0.507 e. The first-order chi connectivity index (χ1) is 18.7. The van der Waals surface area contributed by atoms with Crippen molar-refractivity contribution in [2.45, 2.75) is 40.3 Å². The van der Waals surface area contributed by atoms with Crippen LogP contribution in [-0.4, -0.2) is 41.4 Å². The van der Waals surface area contributed by atoms with E-state index in [1.807, 2.05) is 24.3 Å². The van der Waals surface area contributed by atoms with Crippen molar-refractivity contribution < 1.29 is 23.8 Å². The molecule has 0 spiro atoms. The maximum atomic E-state index is 13.5. The lowest BCUT2D eigenvalue weighted by atomic mass is 9.95. The van der Waals surface area contributed by atoms with Gasteiger partial charge in [0, 0.05) is 30.9 Å². The summed E-state index contributed by atoms with van der Waals surface area (Å²) in [5.74, 6) is -1.08. The Morgan fingerprint density at radius 1 is 0.949 bits per heavy atom. The number of amides is 1. The van der Waals surface area contributed by atoms with Gasteiger partial charge in [0.15, 0.2) is 0 Å². The van der Waals surface area contributed by atoms with Crippen molar-refractivity contribution in [2.24, 2.45) is 5.92 Å². The Hall–Kier alpha value is -4.13. The van der Waals surface area contributed by atoms with Crippen LogP contribution >= 0.6 is 0 Å². The third kappa shape index (κ3) is 6.14. The SMILES string of the molecule is CCN(CC)c1ccc(C2/C(=C(/O)c3ccc(OCC(C)C)cc3)C(=O)C(=O)N2Cc2ccc(F)cc2)cc1. The third-order valence-electron chi connectivity index (χ3n) is 6.85. The molecule has 0 aliphatic carbocycles. The average molecular weight is 531 g/mol. The number of aliphatic hydroxyl groups excluding tert-OH is 1. The van der Waals surface area contributed by atoms with Crippen LogP contribution in [0.25, 0.3) is 5.76 Å². The van der Waals surface area contributed by atoms with Gasteiger partial charge in [0.25, 0.3) is 11.7 Å². The number of halogens is 1. The highest BCUT2D eigenvalue weighted by Gasteiger charge is 2.46. The number of ketones is 1. The standard InChI is InChI=1S/C32H35FN2O4/c1-5-34(6-2)26-15-9-23(10-16-26)29-28(30(36)24-11-17-27(18-12-24)39-20-21(3)4)31(37)32(38)35(29)19-22-7-13-25(33)14-8-22/h7-18,21,29,36H,5-6,19-20H2,1-4H3/b30-28-. The van der Waals surface area contributed by atoms with E-state index in [1.54, 1.807) is 36.4 Å². The second-order valence-electron chi connectivity index (χ2n) is 10.0. The molecule has 39 heavy (non-hydrogen) atoms. The van der Waals surface area contributed by atoms with Crippen molar-refractivity contribution in [2.75, 3.05) is 24.6 Å². The Morgan fingerprint density at radius 3 is 2.13 bits per heavy atom. The minimum atomic E-state index is -0.808. The van der Waals surface area contributed by atoms with Gasteiger partial charge in [-0.3, -0.25) is 9.59 Å². The molecule has 1 saturated heterocycles. The van der Waals surface area contributed by atoms with Gasteiger partial charge < -0.3 is 19.6 Å². The minimum absolute atomic E-state index is 0.0218. The lowest BCUT2D eigenvalue weighted by Gasteiger charge is -2.27. The molecule has 1 N–H and O–H groups in total. The molecule has 1 aliphatic rings. The summed E-state index contributed by atoms with van der Waals surface area (Å²) < 4.78 is 19.3. The summed E-state index contributed by atoms with van der Waals surface area (Å²) in [5, 5.41) is 11.4. The molecule has 1 heterocycles. The predicted octanol–water partition coefficient (Wildman–Crippen LogP) is 6.33. The Morgan fingerprint density at radius 2 is 1.56 bits per heavy atom. The van der Waals surface area contributed by atoms with Crippen LogP contribution in [-0.2, 0) is 16.1 Å². The molecule has 0 aromatic heterocycles. The van der Waals surface area contributed by atoms with Gasteiger partial charge in [-0.1, -0.05) is 38.1 Å². The molecule has 7 heteroatoms. The molecular formula is C32H35FN2O4. The molecule has 0 bridgehead atoms. The molecule has 0 saturated carbocycles. The zero-order valence-electron chi connectivity index (χ0n) is 22.9. The number of hydrogen-bond acceptors (Lipinski definition) is 5. The number of nitrogens with zero attached hydrogens (tertiary/aromatic N) is 2. The van der Waals surface area contributed by atoms with E-state index in [0.717, 1.165) is 18.8 Å². The van der Waals surface area contributed by atoms with Gasteiger partial charge in [-0.2, -0.15) is 0 Å². The number of hydrogen-bond donors (Lipinski definition) is 1. The number of aliphatic hydroxyl groups is 1. The maximum absolute atomic E-state index is 13.5. The van der Waals surface area contributed by atoms with E-state index in [9.17, 15) is 19.1 Å². The van der Waals surface area contributed by atoms with E-state index < -0.39 is 17.7 Å². The van der Waals surface area contributed by atoms with Crippen molar-refractivity contribution in [1.29, 1.82) is 0 Å². The predicted molar refractivity (Wildman–Crippen MR) is 151 cm³/mol. The quantitative estimate of drug-likeness (QED) is 0.189. The van der Waals surface area contributed by atoms with Crippen molar-refractivity contribution in [3.05, 3.63) is 101 Å². The summed E-state index contributed by atoms with van der Waals surface area (Å²) in [6.07, 6.45) is 0. The fourth-order valence-corrected chi connectivity index (χ4v) is 4.76. The van der Waals surface area contributed by atoms with Crippen LogP contribution in [0, 0.1) is 11.7 Å². The van der Waals surface area contributed by atoms with Crippen LogP contribution in [0.2, 0.25) is 0 Å². The fourth-order valence-electron chi connectivity index (χ4n) is 4.76. The molecule has 1 atom stereocenters. The first-order valence-corrected chi connectivity index (χ1v) is 13.3. The largest absolute Gasteiger partial charge is 0.507 e. The summed E-state index contributed by atoms with van der Waals surface area (Å²) in [6, 6.07) is 19.5. The van der Waals surface area contributed by atoms with E-state index in [2.05, 4.69) is 32.6 Å². The van der Waals surface area contributed by atoms with Crippen LogP contribution in [0.4, 0.5) is 10.1 Å². The molecule has 4 rings (SSSR count). The zero-order valence-corrected chi connectivity index (χ0v) is 22.9. The second-order valence-corrected chi connectivity index (χ2v) is 10.0. The number of Topliss-reactive ketones (excluding diaryl/α,β-unsaturated/α-hetero) is 1. The molecule has 3 aromatic rings. The monoisotopic (exact) mass is 530 g/mol. The van der Waals surface area contributed by atoms with E-state index in [4.69, 9.17) is 4.74 Å². The van der Waals surface area contributed by atoms with E-state index >= 15 is 0 Å². The molecule has 1 fully saturated rings. The smallest absolute Gasteiger partial charge is 0.295 e. The van der Waals surface area contributed by atoms with Crippen LogP contribution in [0.5, 0.6) is 5.75 Å². The average Bonchev–Trinajstić information content (AvgIpc) is 3.19. The normalized spacial score (nSPS) is 16.7. The van der Waals surface area contributed by atoms with Gasteiger partial charge in [0.2, 0.25) is 0 Å². The van der Waals surface area contributed by atoms with Gasteiger partial charge in [-0.15, -0.1) is 0 Å². The third-order valence-corrected chi connectivity index (χ3v) is 6.85. The summed E-state index contributed by atoms with van der Waals surface area (Å²) >= 11 is 0. The number of carbonyl (C=O) groups excluding carboxylic acids is 2. The van der Waals surface area contributed by atoms with Crippen molar-refractivity contribution in [1.82, 2.24) is 4.90 Å². The van der Waals surface area contributed by atoms with Gasteiger partial charge in [-0.05, 0) is 79.4 Å². The number of benzene rings is 3. The molecule has 1 amide bonds. The topological polar surface area (TPSA) is 70.1 Å². The molecule has 1 aliphatic heterocycles. The van der Waals surface area contributed by atoms with Crippen LogP contribution < -0.4 is 9.64 Å². The Kier molecular flexibility index (Phi) is 8.69. The van der Waals surface area contributed by atoms with Crippen molar-refractivity contribution in [3.63, 3.8) is 0 Å². The highest BCUT2D eigenvalue weighted by Crippen LogP contribution is 2.41. The first-order valence-electron chi connectivity index (χ1n) is 13.3. The van der Waals surface area contributed by atoms with Crippen LogP contribution in [0.1, 0.15) is 50.4 Å². The number of anilines is 1. The van der Waals surface area contributed by atoms with E-state index in [0.29, 0.717) is 35.0 Å². The van der Waals surface area contributed by atoms with Gasteiger partial charge in [-0.25, -0.2) is 4.39 Å². The number of ether oxygens (including phenoxy) is 1. The molecule has 6 nitrogen and oxygen atoms in total. The Labute approximate surface area is 229 Å². The van der Waals surface area contributed by atoms with Gasteiger partial charge >= 0.3 is 0 Å². The molecule has 204 valence electrons. The fraction of sp³-hybridized carbons (Fsp3) is 0.312. The zero-order chi connectivity index (χ0) is 28.1. The molecule has 1 unspecified atom stereocenters. The van der Waals surface area contributed by atoms with Gasteiger partial charge in [0.05, 0.1) is 18.2 Å². The van der Waals surface area contributed by atoms with Crippen LogP contribution in [0.15, 0.2) is 78.4 Å². The van der Waals surface area contributed by atoms with E-state index in [-0.39, 0.29) is 23.7 Å².